The number of piperidine rings is 1. The maximum atomic E-state index is 2.66. The summed E-state index contributed by atoms with van der Waals surface area (Å²) in [6.07, 6.45) is 3.67. The summed E-state index contributed by atoms with van der Waals surface area (Å²) in [5.74, 6) is 0. The van der Waals surface area contributed by atoms with Crippen molar-refractivity contribution in [3.05, 3.63) is 71.8 Å². The molecule has 1 aliphatic rings. The van der Waals surface area contributed by atoms with E-state index in [9.17, 15) is 0 Å². The summed E-state index contributed by atoms with van der Waals surface area (Å²) in [5.41, 5.74) is 3.14. The first kappa shape index (κ1) is 15.3. The zero-order chi connectivity index (χ0) is 15.4. The molecule has 1 heterocycles. The van der Waals surface area contributed by atoms with Gasteiger partial charge in [-0.2, -0.15) is 0 Å². The highest BCUT2D eigenvalue weighted by molar-refractivity contribution is 5.40. The van der Waals surface area contributed by atoms with Crippen LogP contribution in [0.1, 0.15) is 44.2 Å². The Balaban J connectivity index is 1.94. The molecule has 3 rings (SSSR count). The summed E-state index contributed by atoms with van der Waals surface area (Å²) in [5, 5.41) is 0. The highest BCUT2D eigenvalue weighted by atomic mass is 15.2. The van der Waals surface area contributed by atoms with Gasteiger partial charge in [-0.1, -0.05) is 67.6 Å². The molecular formula is C21H27N. The molecular weight excluding hydrogens is 266 g/mol. The largest absolute Gasteiger partial charge is 0.301 e. The van der Waals surface area contributed by atoms with Crippen molar-refractivity contribution in [2.45, 2.75) is 44.6 Å². The van der Waals surface area contributed by atoms with E-state index < -0.39 is 0 Å². The maximum Gasteiger partial charge on any atom is 0.0227 e. The Morgan fingerprint density at radius 2 is 1.32 bits per heavy atom. The molecule has 0 saturated carbocycles. The predicted octanol–water partition coefficient (Wildman–Crippen LogP) is 4.87. The van der Waals surface area contributed by atoms with Gasteiger partial charge in [0, 0.05) is 11.5 Å². The fourth-order valence-electron chi connectivity index (χ4n) is 3.86. The standard InChI is InChI=1S/C21H27N/c1-3-18(2)22-16-14-21(15-17-22,19-10-6-4-7-11-19)20-12-8-5-9-13-20/h4-13,18H,3,14-17H2,1-2H3. The van der Waals surface area contributed by atoms with Crippen LogP contribution in [0.5, 0.6) is 0 Å². The van der Waals surface area contributed by atoms with Gasteiger partial charge >= 0.3 is 0 Å². The van der Waals surface area contributed by atoms with Gasteiger partial charge in [0.2, 0.25) is 0 Å². The van der Waals surface area contributed by atoms with E-state index in [0.29, 0.717) is 6.04 Å². The van der Waals surface area contributed by atoms with Gasteiger partial charge < -0.3 is 4.90 Å². The van der Waals surface area contributed by atoms with E-state index in [1.54, 1.807) is 0 Å². The van der Waals surface area contributed by atoms with Crippen LogP contribution in [0.15, 0.2) is 60.7 Å². The van der Waals surface area contributed by atoms with Gasteiger partial charge in [0.05, 0.1) is 0 Å². The topological polar surface area (TPSA) is 3.24 Å². The van der Waals surface area contributed by atoms with Gasteiger partial charge in [0.15, 0.2) is 0 Å². The van der Waals surface area contributed by atoms with E-state index in [0.717, 1.165) is 0 Å². The minimum Gasteiger partial charge on any atom is -0.301 e. The van der Waals surface area contributed by atoms with Crippen molar-refractivity contribution < 1.29 is 0 Å². The number of rotatable bonds is 4. The molecule has 1 unspecified atom stereocenters. The molecule has 0 N–H and O–H groups in total. The lowest BCUT2D eigenvalue weighted by Crippen LogP contribution is -2.46. The highest BCUT2D eigenvalue weighted by Crippen LogP contribution is 2.42. The lowest BCUT2D eigenvalue weighted by Gasteiger charge is -2.44. The highest BCUT2D eigenvalue weighted by Gasteiger charge is 2.38. The summed E-state index contributed by atoms with van der Waals surface area (Å²) in [7, 11) is 0. The summed E-state index contributed by atoms with van der Waals surface area (Å²) in [4.78, 5) is 2.66. The molecule has 1 fully saturated rings. The monoisotopic (exact) mass is 293 g/mol. The normalized spacial score (nSPS) is 19.7. The molecule has 0 radical (unpaired) electrons. The third-order valence-electron chi connectivity index (χ3n) is 5.52. The first-order valence-corrected chi connectivity index (χ1v) is 8.61. The van der Waals surface area contributed by atoms with Crippen LogP contribution in [0.4, 0.5) is 0 Å². The lowest BCUT2D eigenvalue weighted by atomic mass is 9.68. The van der Waals surface area contributed by atoms with Crippen LogP contribution < -0.4 is 0 Å². The zero-order valence-corrected chi connectivity index (χ0v) is 13.8. The van der Waals surface area contributed by atoms with Crippen LogP contribution in [0.3, 0.4) is 0 Å². The Morgan fingerprint density at radius 1 is 0.864 bits per heavy atom. The molecule has 0 amide bonds. The Bertz CT molecular complexity index is 526. The molecule has 116 valence electrons. The van der Waals surface area contributed by atoms with Crippen molar-refractivity contribution in [1.82, 2.24) is 4.90 Å². The third-order valence-corrected chi connectivity index (χ3v) is 5.52. The van der Waals surface area contributed by atoms with Crippen LogP contribution in [0, 0.1) is 0 Å². The minimum absolute atomic E-state index is 0.187. The van der Waals surface area contributed by atoms with Crippen molar-refractivity contribution >= 4 is 0 Å². The van der Waals surface area contributed by atoms with Crippen molar-refractivity contribution in [1.29, 1.82) is 0 Å². The molecule has 1 nitrogen and oxygen atoms in total. The molecule has 0 spiro atoms. The van der Waals surface area contributed by atoms with Crippen molar-refractivity contribution in [2.75, 3.05) is 13.1 Å². The molecule has 0 aromatic heterocycles. The van der Waals surface area contributed by atoms with E-state index in [4.69, 9.17) is 0 Å². The first-order valence-electron chi connectivity index (χ1n) is 8.61. The quantitative estimate of drug-likeness (QED) is 0.777. The van der Waals surface area contributed by atoms with Crippen LogP contribution in [0.25, 0.3) is 0 Å². The summed E-state index contributed by atoms with van der Waals surface area (Å²) >= 11 is 0. The summed E-state index contributed by atoms with van der Waals surface area (Å²) < 4.78 is 0. The molecule has 2 aromatic rings. The van der Waals surface area contributed by atoms with Gasteiger partial charge in [-0.05, 0) is 50.4 Å². The summed E-state index contributed by atoms with van der Waals surface area (Å²) in [6, 6.07) is 22.9. The second kappa shape index (κ2) is 6.66. The first-order chi connectivity index (χ1) is 10.8. The van der Waals surface area contributed by atoms with Crippen LogP contribution >= 0.6 is 0 Å². The average molecular weight is 293 g/mol. The smallest absolute Gasteiger partial charge is 0.0227 e. The van der Waals surface area contributed by atoms with Crippen LogP contribution in [0.2, 0.25) is 0 Å². The number of hydrogen-bond donors (Lipinski definition) is 0. The fraction of sp³-hybridized carbons (Fsp3) is 0.429. The average Bonchev–Trinajstić information content (AvgIpc) is 2.62. The Morgan fingerprint density at radius 3 is 1.73 bits per heavy atom. The third kappa shape index (κ3) is 2.83. The predicted molar refractivity (Wildman–Crippen MR) is 94.2 cm³/mol. The Labute approximate surface area is 135 Å². The fourth-order valence-corrected chi connectivity index (χ4v) is 3.86. The number of benzene rings is 2. The Hall–Kier alpha value is -1.60. The summed E-state index contributed by atoms with van der Waals surface area (Å²) in [6.45, 7) is 7.04. The number of hydrogen-bond acceptors (Lipinski definition) is 1. The van der Waals surface area contributed by atoms with Gasteiger partial charge in [-0.3, -0.25) is 0 Å². The maximum absolute atomic E-state index is 2.66. The van der Waals surface area contributed by atoms with Gasteiger partial charge in [-0.15, -0.1) is 0 Å². The van der Waals surface area contributed by atoms with E-state index in [-0.39, 0.29) is 5.41 Å². The molecule has 0 bridgehead atoms. The molecule has 1 heteroatoms. The van der Waals surface area contributed by atoms with Crippen LogP contribution in [-0.4, -0.2) is 24.0 Å². The van der Waals surface area contributed by atoms with Gasteiger partial charge in [0.25, 0.3) is 0 Å². The van der Waals surface area contributed by atoms with E-state index in [1.807, 2.05) is 0 Å². The lowest BCUT2D eigenvalue weighted by molar-refractivity contribution is 0.134. The molecule has 1 aliphatic heterocycles. The molecule has 22 heavy (non-hydrogen) atoms. The number of likely N-dealkylation sites (tertiary alicyclic amines) is 1. The van der Waals surface area contributed by atoms with Gasteiger partial charge in [0.1, 0.15) is 0 Å². The molecule has 0 aliphatic carbocycles. The van der Waals surface area contributed by atoms with Crippen LogP contribution in [-0.2, 0) is 5.41 Å². The minimum atomic E-state index is 0.187. The van der Waals surface area contributed by atoms with Crippen molar-refractivity contribution in [2.24, 2.45) is 0 Å². The van der Waals surface area contributed by atoms with Gasteiger partial charge in [-0.25, -0.2) is 0 Å². The molecule has 2 aromatic carbocycles. The van der Waals surface area contributed by atoms with E-state index in [1.165, 1.54) is 43.5 Å². The zero-order valence-electron chi connectivity index (χ0n) is 13.8. The second-order valence-corrected chi connectivity index (χ2v) is 6.61. The van der Waals surface area contributed by atoms with E-state index in [2.05, 4.69) is 79.4 Å². The number of nitrogens with zero attached hydrogens (tertiary/aromatic N) is 1. The second-order valence-electron chi connectivity index (χ2n) is 6.61. The molecule has 1 atom stereocenters. The molecule has 1 saturated heterocycles. The Kier molecular flexibility index (Phi) is 4.63. The van der Waals surface area contributed by atoms with Crippen molar-refractivity contribution in [3.8, 4) is 0 Å². The van der Waals surface area contributed by atoms with E-state index >= 15 is 0 Å². The SMILES string of the molecule is CCC(C)N1CCC(c2ccccc2)(c2ccccc2)CC1. The van der Waals surface area contributed by atoms with Crippen molar-refractivity contribution in [3.63, 3.8) is 0 Å².